The number of rotatable bonds is 3. The molecule has 1 saturated heterocycles. The summed E-state index contributed by atoms with van der Waals surface area (Å²) in [6.07, 6.45) is 0.887. The average Bonchev–Trinajstić information content (AvgIpc) is 2.68. The first-order valence-corrected chi connectivity index (χ1v) is 8.84. The summed E-state index contributed by atoms with van der Waals surface area (Å²) in [5.74, 6) is 0.262. The molecule has 1 atom stereocenters. The summed E-state index contributed by atoms with van der Waals surface area (Å²) in [6, 6.07) is 14.0. The summed E-state index contributed by atoms with van der Waals surface area (Å²) in [6.45, 7) is 0.637. The standard InChI is InChI=1S/C20H19N3O4/c24-18-9-10-23(20(26)22-18)16-7-3-2-6-15(16)19(25)21-14-11-13-5-1-4-8-17(13)27-12-14/h1-8,14H,9-12H2,(H,21,25)(H,22,24,26). The maximum atomic E-state index is 12.9. The quantitative estimate of drug-likeness (QED) is 0.869. The van der Waals surface area contributed by atoms with Crippen molar-refractivity contribution in [3.8, 4) is 5.75 Å². The van der Waals surface area contributed by atoms with Crippen LogP contribution >= 0.6 is 0 Å². The zero-order valence-electron chi connectivity index (χ0n) is 14.6. The van der Waals surface area contributed by atoms with Gasteiger partial charge in [0.05, 0.1) is 17.3 Å². The molecule has 0 bridgehead atoms. The van der Waals surface area contributed by atoms with Gasteiger partial charge in [-0.1, -0.05) is 30.3 Å². The number of nitrogens with one attached hydrogen (secondary N) is 2. The molecule has 4 amide bonds. The number of amides is 4. The third-order valence-corrected chi connectivity index (χ3v) is 4.71. The van der Waals surface area contributed by atoms with Gasteiger partial charge in [0, 0.05) is 13.0 Å². The van der Waals surface area contributed by atoms with Crippen molar-refractivity contribution < 1.29 is 19.1 Å². The molecule has 1 fully saturated rings. The van der Waals surface area contributed by atoms with Gasteiger partial charge in [-0.15, -0.1) is 0 Å². The van der Waals surface area contributed by atoms with E-state index in [1.165, 1.54) is 4.90 Å². The Kier molecular flexibility index (Phi) is 4.50. The van der Waals surface area contributed by atoms with Crippen LogP contribution in [0.4, 0.5) is 10.5 Å². The number of ether oxygens (including phenoxy) is 1. The molecule has 0 saturated carbocycles. The van der Waals surface area contributed by atoms with Crippen LogP contribution in [0.5, 0.6) is 5.75 Å². The second kappa shape index (κ2) is 7.11. The molecular weight excluding hydrogens is 346 g/mol. The summed E-state index contributed by atoms with van der Waals surface area (Å²) in [4.78, 5) is 37.8. The molecule has 0 aliphatic carbocycles. The molecule has 0 radical (unpaired) electrons. The van der Waals surface area contributed by atoms with Crippen LogP contribution in [0, 0.1) is 0 Å². The normalized spacial score (nSPS) is 19.0. The van der Waals surface area contributed by atoms with Crippen molar-refractivity contribution in [2.45, 2.75) is 18.9 Å². The highest BCUT2D eigenvalue weighted by atomic mass is 16.5. The number of hydrogen-bond acceptors (Lipinski definition) is 4. The predicted molar refractivity (Wildman–Crippen MR) is 98.8 cm³/mol. The highest BCUT2D eigenvalue weighted by Gasteiger charge is 2.28. The van der Waals surface area contributed by atoms with Crippen LogP contribution < -0.4 is 20.3 Å². The van der Waals surface area contributed by atoms with Gasteiger partial charge in [0.2, 0.25) is 5.91 Å². The third-order valence-electron chi connectivity index (χ3n) is 4.71. The molecule has 2 aromatic rings. The molecule has 2 aliphatic rings. The Morgan fingerprint density at radius 3 is 2.74 bits per heavy atom. The number of benzene rings is 2. The Balaban J connectivity index is 1.52. The molecular formula is C20H19N3O4. The highest BCUT2D eigenvalue weighted by molar-refractivity contribution is 6.09. The molecule has 1 unspecified atom stereocenters. The number of imide groups is 1. The maximum Gasteiger partial charge on any atom is 0.328 e. The van der Waals surface area contributed by atoms with Crippen molar-refractivity contribution >= 4 is 23.5 Å². The highest BCUT2D eigenvalue weighted by Crippen LogP contribution is 2.25. The smallest absolute Gasteiger partial charge is 0.328 e. The Morgan fingerprint density at radius 1 is 1.11 bits per heavy atom. The lowest BCUT2D eigenvalue weighted by Gasteiger charge is -2.29. The zero-order chi connectivity index (χ0) is 18.8. The number of anilines is 1. The van der Waals surface area contributed by atoms with Crippen LogP contribution in [0.1, 0.15) is 22.3 Å². The van der Waals surface area contributed by atoms with Crippen LogP contribution in [0.15, 0.2) is 48.5 Å². The van der Waals surface area contributed by atoms with Crippen molar-refractivity contribution in [2.75, 3.05) is 18.1 Å². The molecule has 138 valence electrons. The minimum absolute atomic E-state index is 0.155. The van der Waals surface area contributed by atoms with Crippen molar-refractivity contribution in [3.63, 3.8) is 0 Å². The van der Waals surface area contributed by atoms with Crippen molar-refractivity contribution in [2.24, 2.45) is 0 Å². The monoisotopic (exact) mass is 365 g/mol. The van der Waals surface area contributed by atoms with E-state index in [0.717, 1.165) is 11.3 Å². The van der Waals surface area contributed by atoms with Gasteiger partial charge in [-0.2, -0.15) is 0 Å². The first-order chi connectivity index (χ1) is 13.1. The van der Waals surface area contributed by atoms with Gasteiger partial charge in [-0.05, 0) is 30.2 Å². The fourth-order valence-electron chi connectivity index (χ4n) is 3.38. The topological polar surface area (TPSA) is 87.7 Å². The van der Waals surface area contributed by atoms with Crippen LogP contribution in [0.3, 0.4) is 0 Å². The Bertz CT molecular complexity index is 912. The van der Waals surface area contributed by atoms with Crippen molar-refractivity contribution in [1.29, 1.82) is 0 Å². The lowest BCUT2D eigenvalue weighted by atomic mass is 10.0. The van der Waals surface area contributed by atoms with E-state index >= 15 is 0 Å². The van der Waals surface area contributed by atoms with Crippen LogP contribution in [0.25, 0.3) is 0 Å². The van der Waals surface area contributed by atoms with E-state index in [1.54, 1.807) is 24.3 Å². The molecule has 2 aromatic carbocycles. The van der Waals surface area contributed by atoms with Crippen molar-refractivity contribution in [3.05, 3.63) is 59.7 Å². The third kappa shape index (κ3) is 3.48. The van der Waals surface area contributed by atoms with Crippen molar-refractivity contribution in [1.82, 2.24) is 10.6 Å². The molecule has 7 heteroatoms. The van der Waals surface area contributed by atoms with E-state index in [-0.39, 0.29) is 30.8 Å². The van der Waals surface area contributed by atoms with Gasteiger partial charge in [0.1, 0.15) is 12.4 Å². The van der Waals surface area contributed by atoms with Gasteiger partial charge < -0.3 is 10.1 Å². The van der Waals surface area contributed by atoms with Gasteiger partial charge in [0.15, 0.2) is 0 Å². The van der Waals surface area contributed by atoms with E-state index in [0.29, 0.717) is 24.3 Å². The number of hydrogen-bond donors (Lipinski definition) is 2. The summed E-state index contributed by atoms with van der Waals surface area (Å²) in [7, 11) is 0. The Labute approximate surface area is 156 Å². The summed E-state index contributed by atoms with van der Waals surface area (Å²) in [5.41, 5.74) is 1.93. The van der Waals surface area contributed by atoms with E-state index in [1.807, 2.05) is 24.3 Å². The van der Waals surface area contributed by atoms with E-state index in [4.69, 9.17) is 4.74 Å². The Hall–Kier alpha value is -3.35. The summed E-state index contributed by atoms with van der Waals surface area (Å²) < 4.78 is 5.72. The van der Waals surface area contributed by atoms with Gasteiger partial charge in [-0.25, -0.2) is 4.79 Å². The lowest BCUT2D eigenvalue weighted by Crippen LogP contribution is -2.50. The minimum Gasteiger partial charge on any atom is -0.491 e. The summed E-state index contributed by atoms with van der Waals surface area (Å²) >= 11 is 0. The number of urea groups is 1. The SMILES string of the molecule is O=C1CCN(c2ccccc2C(=O)NC2COc3ccccc3C2)C(=O)N1. The van der Waals surface area contributed by atoms with Gasteiger partial charge >= 0.3 is 6.03 Å². The van der Waals surface area contributed by atoms with Crippen LogP contribution in [-0.4, -0.2) is 37.0 Å². The lowest BCUT2D eigenvalue weighted by molar-refractivity contribution is -0.120. The largest absolute Gasteiger partial charge is 0.491 e. The molecule has 4 rings (SSSR count). The van der Waals surface area contributed by atoms with E-state index in [9.17, 15) is 14.4 Å². The summed E-state index contributed by atoms with van der Waals surface area (Å²) in [5, 5.41) is 5.27. The number of carbonyl (C=O) groups is 3. The maximum absolute atomic E-state index is 12.9. The zero-order valence-corrected chi connectivity index (χ0v) is 14.6. The van der Waals surface area contributed by atoms with Gasteiger partial charge in [0.25, 0.3) is 5.91 Å². The number of fused-ring (bicyclic) bond motifs is 1. The van der Waals surface area contributed by atoms with Crippen LogP contribution in [0.2, 0.25) is 0 Å². The van der Waals surface area contributed by atoms with Gasteiger partial charge in [-0.3, -0.25) is 19.8 Å². The number of para-hydroxylation sites is 2. The minimum atomic E-state index is -0.513. The first-order valence-electron chi connectivity index (χ1n) is 8.84. The molecule has 27 heavy (non-hydrogen) atoms. The van der Waals surface area contributed by atoms with Crippen LogP contribution in [-0.2, 0) is 11.2 Å². The molecule has 0 aromatic heterocycles. The molecule has 2 aliphatic heterocycles. The fourth-order valence-corrected chi connectivity index (χ4v) is 3.38. The predicted octanol–water partition coefficient (Wildman–Crippen LogP) is 1.87. The van der Waals surface area contributed by atoms with E-state index in [2.05, 4.69) is 10.6 Å². The molecule has 2 N–H and O–H groups in total. The Morgan fingerprint density at radius 2 is 1.89 bits per heavy atom. The average molecular weight is 365 g/mol. The second-order valence-corrected chi connectivity index (χ2v) is 6.57. The number of nitrogens with zero attached hydrogens (tertiary/aromatic N) is 1. The van der Waals surface area contributed by atoms with E-state index < -0.39 is 6.03 Å². The molecule has 7 nitrogen and oxygen atoms in total. The second-order valence-electron chi connectivity index (χ2n) is 6.57. The molecule has 2 heterocycles. The fraction of sp³-hybridized carbons (Fsp3) is 0.250. The number of carbonyl (C=O) groups excluding carboxylic acids is 3. The first kappa shape index (κ1) is 17.1. The molecule has 0 spiro atoms.